The lowest BCUT2D eigenvalue weighted by molar-refractivity contribution is -0.130. The number of ether oxygens (including phenoxy) is 1. The highest BCUT2D eigenvalue weighted by atomic mass is 16.5. The van der Waals surface area contributed by atoms with Gasteiger partial charge in [0.1, 0.15) is 12.4 Å². The van der Waals surface area contributed by atoms with Crippen molar-refractivity contribution >= 4 is 5.91 Å². The Hall–Kier alpha value is -1.55. The van der Waals surface area contributed by atoms with Crippen LogP contribution in [0.25, 0.3) is 0 Å². The molecule has 1 atom stereocenters. The van der Waals surface area contributed by atoms with E-state index in [0.717, 1.165) is 18.7 Å². The van der Waals surface area contributed by atoms with E-state index in [0.29, 0.717) is 25.6 Å². The van der Waals surface area contributed by atoms with Crippen LogP contribution in [0.1, 0.15) is 31.2 Å². The molecule has 1 saturated heterocycles. The molecule has 4 heteroatoms. The molecule has 0 aliphatic carbocycles. The second kappa shape index (κ2) is 8.03. The molecule has 4 nitrogen and oxygen atoms in total. The van der Waals surface area contributed by atoms with Crippen molar-refractivity contribution < 1.29 is 9.53 Å². The van der Waals surface area contributed by atoms with Crippen molar-refractivity contribution in [2.75, 3.05) is 26.7 Å². The van der Waals surface area contributed by atoms with Gasteiger partial charge < -0.3 is 15.0 Å². The Morgan fingerprint density at radius 2 is 2.33 bits per heavy atom. The second-order valence-corrected chi connectivity index (χ2v) is 5.81. The molecule has 1 aliphatic heterocycles. The van der Waals surface area contributed by atoms with Gasteiger partial charge in [-0.25, -0.2) is 0 Å². The number of carbonyl (C=O) groups is 1. The number of benzene rings is 1. The summed E-state index contributed by atoms with van der Waals surface area (Å²) in [5.41, 5.74) is 1.18. The smallest absolute Gasteiger partial charge is 0.222 e. The van der Waals surface area contributed by atoms with Crippen molar-refractivity contribution in [3.8, 4) is 5.75 Å². The molecule has 2 rings (SSSR count). The largest absolute Gasteiger partial charge is 0.492 e. The number of rotatable bonds is 7. The van der Waals surface area contributed by atoms with E-state index < -0.39 is 0 Å². The molecule has 1 fully saturated rings. The Bertz CT molecular complexity index is 456. The van der Waals surface area contributed by atoms with E-state index in [2.05, 4.69) is 5.32 Å². The molecule has 0 bridgehead atoms. The summed E-state index contributed by atoms with van der Waals surface area (Å²) in [6.45, 7) is 4.30. The van der Waals surface area contributed by atoms with Gasteiger partial charge in [0, 0.05) is 19.5 Å². The number of nitrogens with one attached hydrogen (secondary N) is 1. The fourth-order valence-electron chi connectivity index (χ4n) is 2.62. The van der Waals surface area contributed by atoms with Crippen LogP contribution in [0.5, 0.6) is 5.75 Å². The van der Waals surface area contributed by atoms with E-state index in [-0.39, 0.29) is 5.91 Å². The summed E-state index contributed by atoms with van der Waals surface area (Å²) in [5.74, 6) is 1.07. The second-order valence-electron chi connectivity index (χ2n) is 5.81. The predicted molar refractivity (Wildman–Crippen MR) is 84.6 cm³/mol. The standard InChI is InChI=1S/C17H26N2O2/c1-14-5-3-7-16(13-14)21-12-11-19(2)17(20)9-8-15-6-4-10-18-15/h3,5,7,13,15,18H,4,6,8-12H2,1-2H3. The van der Waals surface area contributed by atoms with Crippen molar-refractivity contribution in [3.63, 3.8) is 0 Å². The van der Waals surface area contributed by atoms with Crippen molar-refractivity contribution in [3.05, 3.63) is 29.8 Å². The highest BCUT2D eigenvalue weighted by Crippen LogP contribution is 2.13. The molecule has 0 radical (unpaired) electrons. The lowest BCUT2D eigenvalue weighted by Crippen LogP contribution is -2.32. The van der Waals surface area contributed by atoms with E-state index >= 15 is 0 Å². The van der Waals surface area contributed by atoms with Gasteiger partial charge in [-0.05, 0) is 50.4 Å². The summed E-state index contributed by atoms with van der Waals surface area (Å²) >= 11 is 0. The van der Waals surface area contributed by atoms with Gasteiger partial charge in [-0.15, -0.1) is 0 Å². The van der Waals surface area contributed by atoms with E-state index in [9.17, 15) is 4.79 Å². The average molecular weight is 290 g/mol. The number of likely N-dealkylation sites (N-methyl/N-ethyl adjacent to an activating group) is 1. The molecule has 1 N–H and O–H groups in total. The zero-order chi connectivity index (χ0) is 15.1. The number of hydrogen-bond donors (Lipinski definition) is 1. The number of amides is 1. The van der Waals surface area contributed by atoms with Crippen molar-refractivity contribution in [1.29, 1.82) is 0 Å². The van der Waals surface area contributed by atoms with Gasteiger partial charge >= 0.3 is 0 Å². The number of hydrogen-bond acceptors (Lipinski definition) is 3. The first kappa shape index (κ1) is 15.8. The van der Waals surface area contributed by atoms with Crippen molar-refractivity contribution in [2.24, 2.45) is 0 Å². The van der Waals surface area contributed by atoms with Crippen LogP contribution in [-0.4, -0.2) is 43.6 Å². The first-order valence-electron chi connectivity index (χ1n) is 7.82. The number of carbonyl (C=O) groups excluding carboxylic acids is 1. The molecule has 0 saturated carbocycles. The highest BCUT2D eigenvalue weighted by molar-refractivity contribution is 5.75. The topological polar surface area (TPSA) is 41.6 Å². The fraction of sp³-hybridized carbons (Fsp3) is 0.588. The van der Waals surface area contributed by atoms with Gasteiger partial charge in [0.25, 0.3) is 0 Å². The quantitative estimate of drug-likeness (QED) is 0.838. The fourth-order valence-corrected chi connectivity index (χ4v) is 2.62. The zero-order valence-electron chi connectivity index (χ0n) is 13.1. The Morgan fingerprint density at radius 1 is 1.48 bits per heavy atom. The third kappa shape index (κ3) is 5.38. The number of nitrogens with zero attached hydrogens (tertiary/aromatic N) is 1. The summed E-state index contributed by atoms with van der Waals surface area (Å²) in [7, 11) is 1.85. The molecule has 1 aromatic rings. The van der Waals surface area contributed by atoms with Gasteiger partial charge in [-0.1, -0.05) is 12.1 Å². The van der Waals surface area contributed by atoms with Crippen LogP contribution in [0.3, 0.4) is 0 Å². The lowest BCUT2D eigenvalue weighted by Gasteiger charge is -2.18. The van der Waals surface area contributed by atoms with Gasteiger partial charge in [-0.2, -0.15) is 0 Å². The van der Waals surface area contributed by atoms with Crippen molar-refractivity contribution in [2.45, 2.75) is 38.6 Å². The van der Waals surface area contributed by atoms with Crippen LogP contribution in [0.4, 0.5) is 0 Å². The Kier molecular flexibility index (Phi) is 6.05. The molecule has 0 spiro atoms. The maximum absolute atomic E-state index is 12.0. The minimum absolute atomic E-state index is 0.205. The highest BCUT2D eigenvalue weighted by Gasteiger charge is 2.16. The molecule has 1 aromatic carbocycles. The van der Waals surface area contributed by atoms with Crippen LogP contribution in [0.15, 0.2) is 24.3 Å². The summed E-state index contributed by atoms with van der Waals surface area (Å²) in [6.07, 6.45) is 4.01. The molecule has 1 heterocycles. The zero-order valence-corrected chi connectivity index (χ0v) is 13.1. The molecule has 116 valence electrons. The average Bonchev–Trinajstić information content (AvgIpc) is 2.98. The normalized spacial score (nSPS) is 17.7. The molecule has 0 aromatic heterocycles. The first-order valence-corrected chi connectivity index (χ1v) is 7.82. The Morgan fingerprint density at radius 3 is 3.05 bits per heavy atom. The monoisotopic (exact) mass is 290 g/mol. The van der Waals surface area contributed by atoms with Crippen LogP contribution >= 0.6 is 0 Å². The van der Waals surface area contributed by atoms with Crippen molar-refractivity contribution in [1.82, 2.24) is 10.2 Å². The maximum atomic E-state index is 12.0. The minimum atomic E-state index is 0.205. The molecular weight excluding hydrogens is 264 g/mol. The Balaban J connectivity index is 1.63. The molecular formula is C17H26N2O2. The van der Waals surface area contributed by atoms with E-state index in [1.807, 2.05) is 38.2 Å². The summed E-state index contributed by atoms with van der Waals surface area (Å²) < 4.78 is 5.68. The minimum Gasteiger partial charge on any atom is -0.492 e. The molecule has 1 aliphatic rings. The van der Waals surface area contributed by atoms with Gasteiger partial charge in [0.2, 0.25) is 5.91 Å². The molecule has 1 unspecified atom stereocenters. The van der Waals surface area contributed by atoms with Gasteiger partial charge in [0.05, 0.1) is 6.54 Å². The van der Waals surface area contributed by atoms with E-state index in [1.165, 1.54) is 18.4 Å². The van der Waals surface area contributed by atoms with Crippen LogP contribution in [0.2, 0.25) is 0 Å². The summed E-state index contributed by atoms with van der Waals surface area (Å²) in [4.78, 5) is 13.8. The summed E-state index contributed by atoms with van der Waals surface area (Å²) in [5, 5.41) is 3.43. The molecule has 21 heavy (non-hydrogen) atoms. The van der Waals surface area contributed by atoms with Crippen LogP contribution in [0, 0.1) is 6.92 Å². The predicted octanol–water partition coefficient (Wildman–Crippen LogP) is 2.36. The van der Waals surface area contributed by atoms with Gasteiger partial charge in [-0.3, -0.25) is 4.79 Å². The summed E-state index contributed by atoms with van der Waals surface area (Å²) in [6, 6.07) is 8.51. The Labute approximate surface area is 127 Å². The van der Waals surface area contributed by atoms with Gasteiger partial charge in [0.15, 0.2) is 0 Å². The first-order chi connectivity index (χ1) is 10.1. The third-order valence-electron chi connectivity index (χ3n) is 3.98. The van der Waals surface area contributed by atoms with E-state index in [1.54, 1.807) is 4.90 Å². The van der Waals surface area contributed by atoms with Crippen LogP contribution in [-0.2, 0) is 4.79 Å². The van der Waals surface area contributed by atoms with E-state index in [4.69, 9.17) is 4.74 Å². The third-order valence-corrected chi connectivity index (χ3v) is 3.98. The van der Waals surface area contributed by atoms with Crippen LogP contribution < -0.4 is 10.1 Å². The molecule has 1 amide bonds. The lowest BCUT2D eigenvalue weighted by atomic mass is 10.1. The SMILES string of the molecule is Cc1cccc(OCCN(C)C(=O)CCC2CCCN2)c1. The number of aryl methyl sites for hydroxylation is 1. The maximum Gasteiger partial charge on any atom is 0.222 e.